The summed E-state index contributed by atoms with van der Waals surface area (Å²) in [5.41, 5.74) is 0. The number of carbonyl (C=O) groups is 1. The number of hydrogen-bond acceptors (Lipinski definition) is 6. The molecule has 0 radical (unpaired) electrons. The molecule has 0 aromatic carbocycles. The number of hydrogen-bond donors (Lipinski definition) is 2. The number of aliphatic hydroxyl groups excluding tert-OH is 1. The van der Waals surface area contributed by atoms with Crippen LogP contribution in [0.1, 0.15) is 32.6 Å². The van der Waals surface area contributed by atoms with Crippen molar-refractivity contribution in [3.05, 3.63) is 23.4 Å². The molecule has 0 fully saturated rings. The van der Waals surface area contributed by atoms with E-state index in [4.69, 9.17) is 4.52 Å². The van der Waals surface area contributed by atoms with Crippen LogP contribution in [-0.4, -0.2) is 33.8 Å². The van der Waals surface area contributed by atoms with E-state index in [9.17, 15) is 9.90 Å². The maximum atomic E-state index is 11.8. The van der Waals surface area contributed by atoms with Crippen molar-refractivity contribution in [1.29, 1.82) is 0 Å². The number of aliphatic hydroxyl groups is 1. The fourth-order valence-corrected chi connectivity index (χ4v) is 2.51. The molecule has 0 saturated heterocycles. The molecule has 0 aliphatic carbocycles. The van der Waals surface area contributed by atoms with Crippen molar-refractivity contribution in [3.63, 3.8) is 0 Å². The number of nitrogens with zero attached hydrogens (tertiary/aromatic N) is 2. The van der Waals surface area contributed by atoms with Gasteiger partial charge in [-0.3, -0.25) is 4.79 Å². The second-order valence-electron chi connectivity index (χ2n) is 5.25. The van der Waals surface area contributed by atoms with Crippen LogP contribution in [0.5, 0.6) is 0 Å². The number of rotatable bonds is 8. The second kappa shape index (κ2) is 8.05. The van der Waals surface area contributed by atoms with Gasteiger partial charge in [0.1, 0.15) is 0 Å². The second-order valence-corrected chi connectivity index (χ2v) is 6.19. The van der Waals surface area contributed by atoms with Crippen LogP contribution in [0.4, 0.5) is 0 Å². The van der Waals surface area contributed by atoms with Gasteiger partial charge in [0.2, 0.25) is 17.6 Å². The smallest absolute Gasteiger partial charge is 0.227 e. The maximum Gasteiger partial charge on any atom is 0.227 e. The Balaban J connectivity index is 1.75. The zero-order valence-corrected chi connectivity index (χ0v) is 13.6. The molecular formula is C15H21N3O3S. The van der Waals surface area contributed by atoms with Crippen LogP contribution in [0.3, 0.4) is 0 Å². The summed E-state index contributed by atoms with van der Waals surface area (Å²) >= 11 is 1.54. The molecule has 7 heteroatoms. The molecule has 2 N–H and O–H groups in total. The van der Waals surface area contributed by atoms with Gasteiger partial charge < -0.3 is 14.9 Å². The molecule has 2 aromatic heterocycles. The standard InChI is InChI=1S/C15H21N3O3S/c1-3-10(2)11(19)9-16-13(20)6-7-14-17-15(18-21-14)12-5-4-8-22-12/h4-5,8,10-11,19H,3,6-7,9H2,1-2H3,(H,16,20). The summed E-state index contributed by atoms with van der Waals surface area (Å²) in [6, 6.07) is 3.84. The van der Waals surface area contributed by atoms with Gasteiger partial charge in [0.25, 0.3) is 0 Å². The van der Waals surface area contributed by atoms with E-state index in [1.54, 1.807) is 0 Å². The molecule has 2 atom stereocenters. The van der Waals surface area contributed by atoms with Gasteiger partial charge in [-0.15, -0.1) is 11.3 Å². The molecule has 120 valence electrons. The van der Waals surface area contributed by atoms with E-state index >= 15 is 0 Å². The van der Waals surface area contributed by atoms with Crippen LogP contribution >= 0.6 is 11.3 Å². The van der Waals surface area contributed by atoms with E-state index < -0.39 is 6.10 Å². The van der Waals surface area contributed by atoms with Crippen molar-refractivity contribution in [2.24, 2.45) is 5.92 Å². The average Bonchev–Trinajstić information content (AvgIpc) is 3.20. The maximum absolute atomic E-state index is 11.8. The van der Waals surface area contributed by atoms with Crippen molar-refractivity contribution in [3.8, 4) is 10.7 Å². The van der Waals surface area contributed by atoms with Crippen LogP contribution in [0, 0.1) is 5.92 Å². The number of carbonyl (C=O) groups excluding carboxylic acids is 1. The van der Waals surface area contributed by atoms with Crippen molar-refractivity contribution in [2.75, 3.05) is 6.54 Å². The minimum absolute atomic E-state index is 0.127. The van der Waals surface area contributed by atoms with E-state index in [1.807, 2.05) is 31.4 Å². The zero-order valence-electron chi connectivity index (χ0n) is 12.8. The Morgan fingerprint density at radius 2 is 2.36 bits per heavy atom. The first-order chi connectivity index (χ1) is 10.6. The quantitative estimate of drug-likeness (QED) is 0.778. The lowest BCUT2D eigenvalue weighted by Crippen LogP contribution is -2.35. The first kappa shape index (κ1) is 16.6. The van der Waals surface area contributed by atoms with Crippen LogP contribution < -0.4 is 5.32 Å². The summed E-state index contributed by atoms with van der Waals surface area (Å²) in [6.07, 6.45) is 1.02. The molecule has 1 amide bonds. The Hall–Kier alpha value is -1.73. The molecule has 0 spiro atoms. The molecule has 0 bridgehead atoms. The summed E-state index contributed by atoms with van der Waals surface area (Å²) < 4.78 is 5.14. The van der Waals surface area contributed by atoms with Crippen LogP contribution in [0.15, 0.2) is 22.0 Å². The number of thiophene rings is 1. The summed E-state index contributed by atoms with van der Waals surface area (Å²) in [6.45, 7) is 4.25. The van der Waals surface area contributed by atoms with Gasteiger partial charge in [-0.05, 0) is 17.4 Å². The SMILES string of the molecule is CCC(C)C(O)CNC(=O)CCc1nc(-c2cccs2)no1. The van der Waals surface area contributed by atoms with Crippen LogP contribution in [-0.2, 0) is 11.2 Å². The fraction of sp³-hybridized carbons (Fsp3) is 0.533. The van der Waals surface area contributed by atoms with E-state index in [-0.39, 0.29) is 24.8 Å². The van der Waals surface area contributed by atoms with Crippen molar-refractivity contribution < 1.29 is 14.4 Å². The highest BCUT2D eigenvalue weighted by Crippen LogP contribution is 2.21. The normalized spacial score (nSPS) is 13.8. The number of aryl methyl sites for hydroxylation is 1. The third-order valence-electron chi connectivity index (χ3n) is 3.58. The van der Waals surface area contributed by atoms with E-state index in [0.29, 0.717) is 18.1 Å². The molecule has 22 heavy (non-hydrogen) atoms. The minimum atomic E-state index is -0.511. The van der Waals surface area contributed by atoms with Crippen molar-refractivity contribution in [2.45, 2.75) is 39.2 Å². The molecule has 2 rings (SSSR count). The average molecular weight is 323 g/mol. The van der Waals surface area contributed by atoms with Gasteiger partial charge in [0.15, 0.2) is 0 Å². The largest absolute Gasteiger partial charge is 0.391 e. The number of aromatic nitrogens is 2. The predicted octanol–water partition coefficient (Wildman–Crippen LogP) is 2.25. The van der Waals surface area contributed by atoms with Gasteiger partial charge in [0.05, 0.1) is 11.0 Å². The Morgan fingerprint density at radius 3 is 3.05 bits per heavy atom. The first-order valence-corrected chi connectivity index (χ1v) is 8.29. The topological polar surface area (TPSA) is 88.2 Å². The molecular weight excluding hydrogens is 302 g/mol. The van der Waals surface area contributed by atoms with Crippen molar-refractivity contribution in [1.82, 2.24) is 15.5 Å². The summed E-state index contributed by atoms with van der Waals surface area (Å²) in [4.78, 5) is 17.0. The third kappa shape index (κ3) is 4.64. The fourth-order valence-electron chi connectivity index (χ4n) is 1.86. The Labute approximate surface area is 133 Å². The third-order valence-corrected chi connectivity index (χ3v) is 4.45. The first-order valence-electron chi connectivity index (χ1n) is 7.41. The van der Waals surface area contributed by atoms with Crippen LogP contribution in [0.25, 0.3) is 10.7 Å². The summed E-state index contributed by atoms with van der Waals surface area (Å²) in [7, 11) is 0. The molecule has 2 unspecified atom stereocenters. The lowest BCUT2D eigenvalue weighted by Gasteiger charge is -2.17. The number of amides is 1. The predicted molar refractivity (Wildman–Crippen MR) is 84.4 cm³/mol. The monoisotopic (exact) mass is 323 g/mol. The van der Waals surface area contributed by atoms with E-state index in [2.05, 4.69) is 15.5 Å². The lowest BCUT2D eigenvalue weighted by atomic mass is 10.0. The van der Waals surface area contributed by atoms with Gasteiger partial charge >= 0.3 is 0 Å². The highest BCUT2D eigenvalue weighted by Gasteiger charge is 2.14. The molecule has 2 heterocycles. The van der Waals surface area contributed by atoms with Crippen molar-refractivity contribution >= 4 is 17.2 Å². The molecule has 6 nitrogen and oxygen atoms in total. The van der Waals surface area contributed by atoms with Crippen LogP contribution in [0.2, 0.25) is 0 Å². The van der Waals surface area contributed by atoms with Gasteiger partial charge in [-0.2, -0.15) is 4.98 Å². The van der Waals surface area contributed by atoms with E-state index in [0.717, 1.165) is 11.3 Å². The molecule has 2 aromatic rings. The van der Waals surface area contributed by atoms with Gasteiger partial charge in [-0.25, -0.2) is 0 Å². The van der Waals surface area contributed by atoms with Gasteiger partial charge in [-0.1, -0.05) is 31.5 Å². The summed E-state index contributed by atoms with van der Waals surface area (Å²) in [5, 5.41) is 18.4. The minimum Gasteiger partial charge on any atom is -0.391 e. The Kier molecular flexibility index (Phi) is 6.09. The van der Waals surface area contributed by atoms with Gasteiger partial charge in [0, 0.05) is 19.4 Å². The Morgan fingerprint density at radius 1 is 1.55 bits per heavy atom. The highest BCUT2D eigenvalue weighted by atomic mass is 32.1. The molecule has 0 saturated carbocycles. The van der Waals surface area contributed by atoms with E-state index in [1.165, 1.54) is 11.3 Å². The Bertz CT molecular complexity index is 583. The summed E-state index contributed by atoms with van der Waals surface area (Å²) in [5.74, 6) is 1.04. The zero-order chi connectivity index (χ0) is 15.9. The molecule has 0 aliphatic heterocycles. The number of nitrogens with one attached hydrogen (secondary N) is 1. The molecule has 0 aliphatic rings. The lowest BCUT2D eigenvalue weighted by molar-refractivity contribution is -0.121. The highest BCUT2D eigenvalue weighted by molar-refractivity contribution is 7.13.